The molecule has 1 saturated heterocycles. The van der Waals surface area contributed by atoms with Gasteiger partial charge in [-0.3, -0.25) is 4.79 Å². The monoisotopic (exact) mass is 491 g/mol. The van der Waals surface area contributed by atoms with Crippen molar-refractivity contribution in [1.29, 1.82) is 0 Å². The number of ketones is 1. The van der Waals surface area contributed by atoms with E-state index in [9.17, 15) is 9.18 Å². The summed E-state index contributed by atoms with van der Waals surface area (Å²) < 4.78 is 24.7. The van der Waals surface area contributed by atoms with Gasteiger partial charge < -0.3 is 30.1 Å². The van der Waals surface area contributed by atoms with Gasteiger partial charge in [-0.25, -0.2) is 14.0 Å². The van der Waals surface area contributed by atoms with Crippen molar-refractivity contribution in [3.05, 3.63) is 65.5 Å². The van der Waals surface area contributed by atoms with Crippen molar-refractivity contribution in [2.45, 2.75) is 37.4 Å². The van der Waals surface area contributed by atoms with Crippen molar-refractivity contribution in [3.63, 3.8) is 0 Å². The average molecular weight is 492 g/mol. The molecule has 0 aliphatic carbocycles. The highest BCUT2D eigenvalue weighted by molar-refractivity contribution is 6.27. The molecular formula is C25H30FNO8. The molecule has 1 spiro atoms. The minimum absolute atomic E-state index is 0. The highest BCUT2D eigenvalue weighted by Crippen LogP contribution is 2.49. The molecule has 0 bridgehead atoms. The normalized spacial score (nSPS) is 17.8. The first kappa shape index (κ1) is 27.9. The van der Waals surface area contributed by atoms with Crippen molar-refractivity contribution in [1.82, 2.24) is 4.90 Å². The van der Waals surface area contributed by atoms with Gasteiger partial charge in [0.15, 0.2) is 5.78 Å². The molecule has 10 heteroatoms. The van der Waals surface area contributed by atoms with E-state index in [0.29, 0.717) is 12.0 Å². The molecule has 0 radical (unpaired) electrons. The lowest BCUT2D eigenvalue weighted by atomic mass is 9.73. The predicted octanol–water partition coefficient (Wildman–Crippen LogP) is 2.52. The fourth-order valence-corrected chi connectivity index (χ4v) is 4.53. The maximum Gasteiger partial charge on any atom is 0.414 e. The fourth-order valence-electron chi connectivity index (χ4n) is 4.53. The van der Waals surface area contributed by atoms with Crippen LogP contribution in [0.4, 0.5) is 4.39 Å². The van der Waals surface area contributed by atoms with Crippen LogP contribution in [0.5, 0.6) is 5.75 Å². The Labute approximate surface area is 202 Å². The summed E-state index contributed by atoms with van der Waals surface area (Å²) in [5.74, 6) is -2.95. The summed E-state index contributed by atoms with van der Waals surface area (Å²) in [4.78, 5) is 32.9. The number of hydrogen-bond donors (Lipinski definition) is 2. The number of aliphatic carboxylic acids is 2. The molecule has 1 fully saturated rings. The number of likely N-dealkylation sites (tertiary alicyclic amines) is 1. The zero-order valence-electron chi connectivity index (χ0n) is 19.4. The first-order chi connectivity index (χ1) is 16.3. The molecule has 4 N–H and O–H groups in total. The number of carbonyl (C=O) groups is 3. The van der Waals surface area contributed by atoms with Crippen LogP contribution in [-0.4, -0.2) is 71.3 Å². The number of carboxylic acid groups (broad SMARTS) is 2. The van der Waals surface area contributed by atoms with Gasteiger partial charge >= 0.3 is 11.9 Å². The summed E-state index contributed by atoms with van der Waals surface area (Å²) in [7, 11) is 1.71. The molecule has 0 amide bonds. The quantitative estimate of drug-likeness (QED) is 0.463. The number of piperidine rings is 1. The first-order valence-electron chi connectivity index (χ1n) is 11.0. The minimum Gasteiger partial charge on any atom is -0.473 e. The lowest BCUT2D eigenvalue weighted by molar-refractivity contribution is -0.159. The van der Waals surface area contributed by atoms with Gasteiger partial charge in [-0.2, -0.15) is 0 Å². The van der Waals surface area contributed by atoms with E-state index in [-0.39, 0.29) is 28.8 Å². The van der Waals surface area contributed by atoms with Crippen LogP contribution >= 0.6 is 0 Å². The Bertz CT molecular complexity index is 1010. The zero-order valence-corrected chi connectivity index (χ0v) is 19.4. The van der Waals surface area contributed by atoms with E-state index in [4.69, 9.17) is 29.3 Å². The third-order valence-electron chi connectivity index (χ3n) is 6.30. The largest absolute Gasteiger partial charge is 0.473 e. The third kappa shape index (κ3) is 6.62. The van der Waals surface area contributed by atoms with Gasteiger partial charge in [0.25, 0.3) is 0 Å². The number of Topliss-reactive ketones (excluding diaryl/α,β-unsaturated/α-hetero) is 1. The Kier molecular flexibility index (Phi) is 9.88. The molecule has 190 valence electrons. The SMILES string of the molecule is COC1Oc2ccccc2C12CCN(CCCC(=O)c1ccc(F)cc1)CC2.O.O=C(O)C(=O)O. The van der Waals surface area contributed by atoms with Gasteiger partial charge in [0.1, 0.15) is 11.6 Å². The number of methoxy groups -OCH3 is 1. The lowest BCUT2D eigenvalue weighted by Gasteiger charge is -2.41. The van der Waals surface area contributed by atoms with Gasteiger partial charge in [-0.1, -0.05) is 18.2 Å². The third-order valence-corrected chi connectivity index (χ3v) is 6.30. The number of fused-ring (bicyclic) bond motifs is 2. The molecule has 4 rings (SSSR count). The molecule has 2 heterocycles. The van der Waals surface area contributed by atoms with E-state index in [1.807, 2.05) is 12.1 Å². The minimum atomic E-state index is -1.82. The van der Waals surface area contributed by atoms with E-state index in [1.165, 1.54) is 17.7 Å². The topological polar surface area (TPSA) is 145 Å². The summed E-state index contributed by atoms with van der Waals surface area (Å²) in [6.07, 6.45) is 3.03. The summed E-state index contributed by atoms with van der Waals surface area (Å²) >= 11 is 0. The summed E-state index contributed by atoms with van der Waals surface area (Å²) in [5, 5.41) is 14.8. The second kappa shape index (κ2) is 12.4. The number of halogens is 1. The van der Waals surface area contributed by atoms with Crippen LogP contribution in [-0.2, 0) is 19.7 Å². The number of para-hydroxylation sites is 1. The highest BCUT2D eigenvalue weighted by Gasteiger charge is 2.50. The number of hydrogen-bond acceptors (Lipinski definition) is 6. The molecule has 2 aromatic carbocycles. The van der Waals surface area contributed by atoms with Crippen LogP contribution in [0.3, 0.4) is 0 Å². The van der Waals surface area contributed by atoms with Crippen LogP contribution in [0.2, 0.25) is 0 Å². The summed E-state index contributed by atoms with van der Waals surface area (Å²) in [5.41, 5.74) is 1.76. The Morgan fingerprint density at radius 1 is 1.06 bits per heavy atom. The van der Waals surface area contributed by atoms with Crippen LogP contribution in [0.25, 0.3) is 0 Å². The number of carboxylic acids is 2. The molecule has 9 nitrogen and oxygen atoms in total. The second-order valence-corrected chi connectivity index (χ2v) is 8.32. The van der Waals surface area contributed by atoms with Crippen molar-refractivity contribution in [2.75, 3.05) is 26.7 Å². The van der Waals surface area contributed by atoms with E-state index in [2.05, 4.69) is 17.0 Å². The van der Waals surface area contributed by atoms with Gasteiger partial charge in [-0.05, 0) is 69.2 Å². The van der Waals surface area contributed by atoms with E-state index >= 15 is 0 Å². The van der Waals surface area contributed by atoms with Gasteiger partial charge in [0.2, 0.25) is 6.29 Å². The number of rotatable bonds is 6. The molecule has 2 aliphatic rings. The number of benzene rings is 2. The van der Waals surface area contributed by atoms with Crippen molar-refractivity contribution < 1.29 is 43.9 Å². The number of carbonyl (C=O) groups excluding carboxylic acids is 1. The van der Waals surface area contributed by atoms with E-state index in [1.54, 1.807) is 19.2 Å². The Hall–Kier alpha value is -3.34. The molecule has 2 aliphatic heterocycles. The lowest BCUT2D eigenvalue weighted by Crippen LogP contribution is -2.49. The van der Waals surface area contributed by atoms with Gasteiger partial charge in [0.05, 0.1) is 5.41 Å². The molecule has 35 heavy (non-hydrogen) atoms. The van der Waals surface area contributed by atoms with Crippen molar-refractivity contribution >= 4 is 17.7 Å². The average Bonchev–Trinajstić information content (AvgIpc) is 3.14. The van der Waals surface area contributed by atoms with E-state index < -0.39 is 11.9 Å². The van der Waals surface area contributed by atoms with Crippen LogP contribution < -0.4 is 4.74 Å². The van der Waals surface area contributed by atoms with E-state index in [0.717, 1.165) is 44.6 Å². The Morgan fingerprint density at radius 2 is 1.66 bits per heavy atom. The fraction of sp³-hybridized carbons (Fsp3) is 0.400. The predicted molar refractivity (Wildman–Crippen MR) is 124 cm³/mol. The standard InChI is InChI=1S/C23H26FNO3.C2H2O4.H2O/c1-27-22-23(19-5-2-3-7-21(19)28-22)12-15-25(16-13-23)14-4-6-20(26)17-8-10-18(24)11-9-17;3-1(4)2(5)6;/h2-3,5,7-11,22H,4,6,12-16H2,1H3;(H,3,4)(H,5,6);1H2. The first-order valence-corrected chi connectivity index (χ1v) is 11.0. The molecular weight excluding hydrogens is 461 g/mol. The van der Waals surface area contributed by atoms with Crippen LogP contribution in [0, 0.1) is 5.82 Å². The molecule has 2 aromatic rings. The Balaban J connectivity index is 0.000000552. The van der Waals surface area contributed by atoms with Crippen molar-refractivity contribution in [3.8, 4) is 5.75 Å². The number of nitrogens with zero attached hydrogens (tertiary/aromatic N) is 1. The maximum atomic E-state index is 13.0. The highest BCUT2D eigenvalue weighted by atomic mass is 19.1. The van der Waals surface area contributed by atoms with Crippen molar-refractivity contribution in [2.24, 2.45) is 0 Å². The smallest absolute Gasteiger partial charge is 0.414 e. The van der Waals surface area contributed by atoms with Gasteiger partial charge in [-0.15, -0.1) is 0 Å². The summed E-state index contributed by atoms with van der Waals surface area (Å²) in [6, 6.07) is 14.0. The summed E-state index contributed by atoms with van der Waals surface area (Å²) in [6.45, 7) is 2.81. The van der Waals surface area contributed by atoms with Gasteiger partial charge in [0, 0.05) is 24.7 Å². The Morgan fingerprint density at radius 3 is 2.23 bits per heavy atom. The van der Waals surface area contributed by atoms with Crippen LogP contribution in [0.1, 0.15) is 41.6 Å². The molecule has 1 unspecified atom stereocenters. The van der Waals surface area contributed by atoms with Crippen LogP contribution in [0.15, 0.2) is 48.5 Å². The molecule has 0 saturated carbocycles. The molecule has 1 atom stereocenters. The molecule has 0 aromatic heterocycles. The zero-order chi connectivity index (χ0) is 24.7. The maximum absolute atomic E-state index is 13.0. The number of ether oxygens (including phenoxy) is 2. The second-order valence-electron chi connectivity index (χ2n) is 8.32.